The van der Waals surface area contributed by atoms with E-state index in [0.29, 0.717) is 22.3 Å². The maximum atomic E-state index is 11.4. The molecule has 8 heteroatoms. The Kier molecular flexibility index (Phi) is 8.97. The van der Waals surface area contributed by atoms with Gasteiger partial charge in [0.2, 0.25) is 0 Å². The Bertz CT molecular complexity index is 860. The summed E-state index contributed by atoms with van der Waals surface area (Å²) in [6.45, 7) is 2.42. The fourth-order valence-corrected chi connectivity index (χ4v) is 3.96. The highest BCUT2D eigenvalue weighted by Gasteiger charge is 2.22. The molecule has 1 aliphatic heterocycles. The summed E-state index contributed by atoms with van der Waals surface area (Å²) >= 11 is 6.64. The number of methoxy groups -OCH3 is 3. The summed E-state index contributed by atoms with van der Waals surface area (Å²) in [5.41, 5.74) is 3.06. The molecule has 0 fully saturated rings. The lowest BCUT2D eigenvalue weighted by molar-refractivity contribution is 0.0598. The molecule has 0 aromatic heterocycles. The van der Waals surface area contributed by atoms with Crippen molar-refractivity contribution in [3.05, 3.63) is 55.5 Å². The SMILES string of the molecule is C.COC(=O)c1c(C)cc(OC)cc1Br.COc1cc(Br)c2c(c1)CNC2=O. The molecule has 0 saturated heterocycles. The molecule has 28 heavy (non-hydrogen) atoms. The van der Waals surface area contributed by atoms with Crippen molar-refractivity contribution in [3.63, 3.8) is 0 Å². The first-order valence-corrected chi connectivity index (χ1v) is 9.48. The number of carbonyl (C=O) groups excluding carboxylic acids is 2. The summed E-state index contributed by atoms with van der Waals surface area (Å²) in [6, 6.07) is 7.19. The second-order valence-corrected chi connectivity index (χ2v) is 7.33. The van der Waals surface area contributed by atoms with E-state index in [4.69, 9.17) is 9.47 Å². The molecule has 0 bridgehead atoms. The number of esters is 1. The van der Waals surface area contributed by atoms with E-state index < -0.39 is 0 Å². The van der Waals surface area contributed by atoms with Gasteiger partial charge < -0.3 is 19.5 Å². The number of ether oxygens (including phenoxy) is 3. The first-order chi connectivity index (χ1) is 12.8. The van der Waals surface area contributed by atoms with Gasteiger partial charge in [-0.05, 0) is 74.2 Å². The Morgan fingerprint density at radius 3 is 2.11 bits per heavy atom. The Morgan fingerprint density at radius 1 is 1.00 bits per heavy atom. The summed E-state index contributed by atoms with van der Waals surface area (Å²) in [6.07, 6.45) is 0. The molecule has 1 N–H and O–H groups in total. The van der Waals surface area contributed by atoms with Gasteiger partial charge in [-0.25, -0.2) is 4.79 Å². The lowest BCUT2D eigenvalue weighted by atomic mass is 10.1. The van der Waals surface area contributed by atoms with Crippen LogP contribution in [0.25, 0.3) is 0 Å². The molecule has 0 unspecified atom stereocenters. The zero-order valence-corrected chi connectivity index (χ0v) is 18.5. The van der Waals surface area contributed by atoms with Crippen LogP contribution in [-0.4, -0.2) is 33.2 Å². The summed E-state index contributed by atoms with van der Waals surface area (Å²) in [4.78, 5) is 22.7. The number of amides is 1. The summed E-state index contributed by atoms with van der Waals surface area (Å²) in [7, 11) is 4.55. The average Bonchev–Trinajstić information content (AvgIpc) is 3.02. The predicted molar refractivity (Wildman–Crippen MR) is 115 cm³/mol. The van der Waals surface area contributed by atoms with Crippen LogP contribution in [-0.2, 0) is 11.3 Å². The van der Waals surface area contributed by atoms with Crippen LogP contribution in [0.2, 0.25) is 0 Å². The van der Waals surface area contributed by atoms with E-state index >= 15 is 0 Å². The fourth-order valence-electron chi connectivity index (χ4n) is 2.60. The standard InChI is InChI=1S/C10H11BrO3.C9H8BrNO2.CH4/c1-6-4-7(13-2)5-8(11)9(6)10(12)14-3;1-13-6-2-5-4-11-9(12)8(5)7(10)3-6;/h4-5H,1-3H3;2-3H,4H2,1H3,(H,11,12);1H4. The Hall–Kier alpha value is -2.06. The van der Waals surface area contributed by atoms with Crippen molar-refractivity contribution in [1.82, 2.24) is 5.32 Å². The molecule has 2 aromatic carbocycles. The highest BCUT2D eigenvalue weighted by atomic mass is 79.9. The van der Waals surface area contributed by atoms with Crippen LogP contribution in [0.15, 0.2) is 33.2 Å². The number of hydrogen-bond donors (Lipinski definition) is 1. The number of hydrogen-bond acceptors (Lipinski definition) is 5. The molecule has 6 nitrogen and oxygen atoms in total. The van der Waals surface area contributed by atoms with Crippen LogP contribution >= 0.6 is 31.9 Å². The van der Waals surface area contributed by atoms with Crippen molar-refractivity contribution in [3.8, 4) is 11.5 Å². The van der Waals surface area contributed by atoms with E-state index in [0.717, 1.165) is 26.9 Å². The molecule has 0 radical (unpaired) electrons. The zero-order valence-electron chi connectivity index (χ0n) is 15.3. The first kappa shape index (κ1) is 24.0. The minimum Gasteiger partial charge on any atom is -0.497 e. The van der Waals surface area contributed by atoms with Gasteiger partial charge in [0, 0.05) is 15.5 Å². The monoisotopic (exact) mass is 515 g/mol. The minimum atomic E-state index is -0.350. The molecular formula is C20H23Br2NO5. The van der Waals surface area contributed by atoms with Crippen molar-refractivity contribution in [1.29, 1.82) is 0 Å². The smallest absolute Gasteiger partial charge is 0.339 e. The van der Waals surface area contributed by atoms with E-state index in [9.17, 15) is 9.59 Å². The zero-order chi connectivity index (χ0) is 20.1. The molecule has 152 valence electrons. The molecular weight excluding hydrogens is 494 g/mol. The number of aryl methyl sites for hydroxylation is 1. The van der Waals surface area contributed by atoms with E-state index in [2.05, 4.69) is 41.9 Å². The number of benzene rings is 2. The lowest BCUT2D eigenvalue weighted by Crippen LogP contribution is -2.12. The quantitative estimate of drug-likeness (QED) is 0.588. The maximum Gasteiger partial charge on any atom is 0.339 e. The number of carbonyl (C=O) groups is 2. The van der Waals surface area contributed by atoms with Crippen molar-refractivity contribution in [2.75, 3.05) is 21.3 Å². The number of rotatable bonds is 3. The van der Waals surface area contributed by atoms with Crippen molar-refractivity contribution < 1.29 is 23.8 Å². The lowest BCUT2D eigenvalue weighted by Gasteiger charge is -2.08. The molecule has 1 heterocycles. The topological polar surface area (TPSA) is 73.9 Å². The molecule has 0 saturated carbocycles. The van der Waals surface area contributed by atoms with Crippen LogP contribution in [0.3, 0.4) is 0 Å². The normalized spacial score (nSPS) is 11.3. The van der Waals surface area contributed by atoms with E-state index in [1.807, 2.05) is 13.0 Å². The van der Waals surface area contributed by atoms with Gasteiger partial charge in [-0.2, -0.15) is 0 Å². The molecule has 3 rings (SSSR count). The van der Waals surface area contributed by atoms with Crippen LogP contribution in [0, 0.1) is 6.92 Å². The Labute approximate surface area is 181 Å². The van der Waals surface area contributed by atoms with Crippen LogP contribution < -0.4 is 14.8 Å². The van der Waals surface area contributed by atoms with Gasteiger partial charge in [0.25, 0.3) is 5.91 Å². The van der Waals surface area contributed by atoms with Gasteiger partial charge in [0.15, 0.2) is 0 Å². The van der Waals surface area contributed by atoms with Crippen LogP contribution in [0.4, 0.5) is 0 Å². The second-order valence-electron chi connectivity index (χ2n) is 5.62. The second kappa shape index (κ2) is 10.5. The van der Waals surface area contributed by atoms with E-state index in [1.165, 1.54) is 7.11 Å². The van der Waals surface area contributed by atoms with E-state index in [-0.39, 0.29) is 19.3 Å². The Morgan fingerprint density at radius 2 is 1.57 bits per heavy atom. The predicted octanol–water partition coefficient (Wildman–Crippen LogP) is 4.89. The average molecular weight is 517 g/mol. The third-order valence-electron chi connectivity index (χ3n) is 3.93. The largest absolute Gasteiger partial charge is 0.497 e. The van der Waals surface area contributed by atoms with E-state index in [1.54, 1.807) is 32.4 Å². The van der Waals surface area contributed by atoms with Crippen molar-refractivity contribution in [2.24, 2.45) is 0 Å². The van der Waals surface area contributed by atoms with Gasteiger partial charge in [-0.15, -0.1) is 0 Å². The fraction of sp³-hybridized carbons (Fsp3) is 0.300. The van der Waals surface area contributed by atoms with Gasteiger partial charge in [0.05, 0.1) is 32.5 Å². The summed E-state index contributed by atoms with van der Waals surface area (Å²) in [5.74, 6) is 1.10. The third kappa shape index (κ3) is 5.26. The summed E-state index contributed by atoms with van der Waals surface area (Å²) < 4.78 is 16.3. The molecule has 1 amide bonds. The number of halogens is 2. The number of fused-ring (bicyclic) bond motifs is 1. The minimum absolute atomic E-state index is 0. The van der Waals surface area contributed by atoms with Gasteiger partial charge in [-0.3, -0.25) is 4.79 Å². The third-order valence-corrected chi connectivity index (χ3v) is 5.18. The highest BCUT2D eigenvalue weighted by molar-refractivity contribution is 9.10. The van der Waals surface area contributed by atoms with Crippen molar-refractivity contribution in [2.45, 2.75) is 20.9 Å². The molecule has 2 aromatic rings. The van der Waals surface area contributed by atoms with Crippen LogP contribution in [0.5, 0.6) is 11.5 Å². The molecule has 1 aliphatic rings. The Balaban J connectivity index is 0.000000271. The first-order valence-electron chi connectivity index (χ1n) is 7.89. The van der Waals surface area contributed by atoms with Gasteiger partial charge in [0.1, 0.15) is 11.5 Å². The highest BCUT2D eigenvalue weighted by Crippen LogP contribution is 2.30. The molecule has 0 aliphatic carbocycles. The van der Waals surface area contributed by atoms with Crippen molar-refractivity contribution >= 4 is 43.7 Å². The van der Waals surface area contributed by atoms with Gasteiger partial charge >= 0.3 is 5.97 Å². The summed E-state index contributed by atoms with van der Waals surface area (Å²) in [5, 5.41) is 2.75. The maximum absolute atomic E-state index is 11.4. The molecule has 0 atom stereocenters. The van der Waals surface area contributed by atoms with Gasteiger partial charge in [-0.1, -0.05) is 7.43 Å². The molecule has 0 spiro atoms. The number of nitrogens with one attached hydrogen (secondary N) is 1. The van der Waals surface area contributed by atoms with Crippen LogP contribution in [0.1, 0.15) is 39.3 Å².